The van der Waals surface area contributed by atoms with E-state index in [1.165, 1.54) is 7.11 Å². The predicted octanol–water partition coefficient (Wildman–Crippen LogP) is 3.86. The largest absolute Gasteiger partial charge is 0.496 e. The molecule has 2 nitrogen and oxygen atoms in total. The molecule has 1 aromatic rings. The summed E-state index contributed by atoms with van der Waals surface area (Å²) in [5, 5.41) is 8.78. The third-order valence-corrected chi connectivity index (χ3v) is 4.35. The number of alkyl halides is 2. The summed E-state index contributed by atoms with van der Waals surface area (Å²) in [6.07, 6.45) is -0.612. The summed E-state index contributed by atoms with van der Waals surface area (Å²) in [6.45, 7) is 4.65. The van der Waals surface area contributed by atoms with E-state index in [0.717, 1.165) is 5.56 Å². The van der Waals surface area contributed by atoms with Gasteiger partial charge in [-0.1, -0.05) is 15.9 Å². The Hall–Kier alpha value is -0.680. The van der Waals surface area contributed by atoms with E-state index in [-0.39, 0.29) is 11.3 Å². The van der Waals surface area contributed by atoms with Gasteiger partial charge in [-0.05, 0) is 37.5 Å². The van der Waals surface area contributed by atoms with Crippen LogP contribution in [-0.4, -0.2) is 18.8 Å². The number of ether oxygens (including phenoxy) is 1. The first-order valence-electron chi connectivity index (χ1n) is 5.60. The summed E-state index contributed by atoms with van der Waals surface area (Å²) in [7, 11) is 1.38. The Labute approximate surface area is 114 Å². The van der Waals surface area contributed by atoms with E-state index in [1.807, 2.05) is 6.92 Å². The van der Waals surface area contributed by atoms with Gasteiger partial charge in [0, 0.05) is 17.5 Å². The maximum Gasteiger partial charge on any atom is 0.279 e. The molecular weight excluding hydrogens is 306 g/mol. The first kappa shape index (κ1) is 15.4. The summed E-state index contributed by atoms with van der Waals surface area (Å²) in [6, 6.07) is 0. The van der Waals surface area contributed by atoms with Crippen LogP contribution in [0.5, 0.6) is 5.75 Å². The molecule has 102 valence electrons. The maximum absolute atomic E-state index is 14.1. The molecule has 0 radical (unpaired) electrons. The number of aliphatic hydroxyl groups is 1. The monoisotopic (exact) mass is 322 g/mol. The molecule has 5 heteroatoms. The molecule has 0 spiro atoms. The van der Waals surface area contributed by atoms with Gasteiger partial charge in [-0.3, -0.25) is 0 Å². The average molecular weight is 323 g/mol. The second-order valence-corrected chi connectivity index (χ2v) is 5.07. The molecule has 1 rings (SSSR count). The zero-order valence-electron chi connectivity index (χ0n) is 10.9. The number of hydrogen-bond acceptors (Lipinski definition) is 2. The van der Waals surface area contributed by atoms with Crippen LogP contribution in [0.3, 0.4) is 0 Å². The molecule has 1 N–H and O–H groups in total. The molecule has 0 aliphatic carbocycles. The van der Waals surface area contributed by atoms with Gasteiger partial charge in [0.25, 0.3) is 5.92 Å². The minimum Gasteiger partial charge on any atom is -0.496 e. The molecule has 0 atom stereocenters. The highest BCUT2D eigenvalue weighted by Crippen LogP contribution is 2.45. The van der Waals surface area contributed by atoms with Crippen molar-refractivity contribution in [1.29, 1.82) is 0 Å². The smallest absolute Gasteiger partial charge is 0.279 e. The summed E-state index contributed by atoms with van der Waals surface area (Å²) < 4.78 is 34.0. The Morgan fingerprint density at radius 1 is 1.17 bits per heavy atom. The standard InChI is InChI=1S/C13H17BrF2O2/c1-7-8(2)12(18-4)10(9(3)11(7)14)13(15,16)5-6-17/h17H,5-6H2,1-4H3. The fourth-order valence-corrected chi connectivity index (χ4v) is 2.54. The van der Waals surface area contributed by atoms with Gasteiger partial charge in [0.1, 0.15) is 5.75 Å². The molecule has 0 amide bonds. The lowest BCUT2D eigenvalue weighted by molar-refractivity contribution is -0.0294. The number of benzene rings is 1. The third-order valence-electron chi connectivity index (χ3n) is 3.16. The van der Waals surface area contributed by atoms with E-state index in [0.29, 0.717) is 15.6 Å². The van der Waals surface area contributed by atoms with Crippen molar-refractivity contribution in [2.45, 2.75) is 33.1 Å². The second kappa shape index (κ2) is 5.53. The molecule has 18 heavy (non-hydrogen) atoms. The van der Waals surface area contributed by atoms with Crippen molar-refractivity contribution in [3.63, 3.8) is 0 Å². The predicted molar refractivity (Wildman–Crippen MR) is 70.5 cm³/mol. The van der Waals surface area contributed by atoms with E-state index in [9.17, 15) is 8.78 Å². The zero-order valence-corrected chi connectivity index (χ0v) is 12.5. The van der Waals surface area contributed by atoms with Crippen molar-refractivity contribution in [1.82, 2.24) is 0 Å². The lowest BCUT2D eigenvalue weighted by Crippen LogP contribution is -2.19. The maximum atomic E-state index is 14.1. The van der Waals surface area contributed by atoms with Crippen LogP contribution in [-0.2, 0) is 5.92 Å². The number of hydrogen-bond donors (Lipinski definition) is 1. The van der Waals surface area contributed by atoms with Crippen LogP contribution in [0.25, 0.3) is 0 Å². The Morgan fingerprint density at radius 3 is 2.17 bits per heavy atom. The lowest BCUT2D eigenvalue weighted by atomic mass is 9.93. The minimum atomic E-state index is -3.11. The van der Waals surface area contributed by atoms with Gasteiger partial charge in [-0.15, -0.1) is 0 Å². The van der Waals surface area contributed by atoms with Crippen molar-refractivity contribution in [2.75, 3.05) is 13.7 Å². The van der Waals surface area contributed by atoms with Crippen LogP contribution < -0.4 is 4.74 Å². The number of aliphatic hydroxyl groups excluding tert-OH is 1. The lowest BCUT2D eigenvalue weighted by Gasteiger charge is -2.24. The van der Waals surface area contributed by atoms with Gasteiger partial charge >= 0.3 is 0 Å². The van der Waals surface area contributed by atoms with Crippen LogP contribution in [0.4, 0.5) is 8.78 Å². The van der Waals surface area contributed by atoms with Gasteiger partial charge in [-0.2, -0.15) is 0 Å². The van der Waals surface area contributed by atoms with E-state index in [4.69, 9.17) is 9.84 Å². The van der Waals surface area contributed by atoms with Crippen molar-refractivity contribution in [2.24, 2.45) is 0 Å². The highest BCUT2D eigenvalue weighted by atomic mass is 79.9. The fourth-order valence-electron chi connectivity index (χ4n) is 2.04. The van der Waals surface area contributed by atoms with Crippen molar-refractivity contribution in [3.05, 3.63) is 26.7 Å². The Kier molecular flexibility index (Phi) is 4.72. The van der Waals surface area contributed by atoms with Crippen molar-refractivity contribution in [3.8, 4) is 5.75 Å². The molecule has 0 fully saturated rings. The van der Waals surface area contributed by atoms with E-state index < -0.39 is 19.0 Å². The second-order valence-electron chi connectivity index (χ2n) is 4.28. The van der Waals surface area contributed by atoms with E-state index >= 15 is 0 Å². The Morgan fingerprint density at radius 2 is 1.72 bits per heavy atom. The molecule has 0 unspecified atom stereocenters. The molecule has 0 aliphatic rings. The summed E-state index contributed by atoms with van der Waals surface area (Å²) in [5.41, 5.74) is 1.87. The van der Waals surface area contributed by atoms with Gasteiger partial charge in [-0.25, -0.2) is 8.78 Å². The molecule has 0 aromatic heterocycles. The van der Waals surface area contributed by atoms with Crippen LogP contribution in [0.2, 0.25) is 0 Å². The SMILES string of the molecule is COc1c(C)c(C)c(Br)c(C)c1C(F)(F)CCO. The molecular formula is C13H17BrF2O2. The summed E-state index contributed by atoms with van der Waals surface area (Å²) in [4.78, 5) is 0. The van der Waals surface area contributed by atoms with E-state index in [1.54, 1.807) is 13.8 Å². The van der Waals surface area contributed by atoms with Crippen LogP contribution in [0.1, 0.15) is 28.7 Å². The normalized spacial score (nSPS) is 11.8. The minimum absolute atomic E-state index is 0.144. The Bertz CT molecular complexity index is 459. The topological polar surface area (TPSA) is 29.5 Å². The number of halogens is 3. The quantitative estimate of drug-likeness (QED) is 0.912. The van der Waals surface area contributed by atoms with Crippen LogP contribution in [0.15, 0.2) is 4.47 Å². The molecule has 0 saturated heterocycles. The van der Waals surface area contributed by atoms with Gasteiger partial charge in [0.15, 0.2) is 0 Å². The third kappa shape index (κ3) is 2.52. The van der Waals surface area contributed by atoms with Crippen LogP contribution >= 0.6 is 15.9 Å². The first-order valence-corrected chi connectivity index (χ1v) is 6.39. The fraction of sp³-hybridized carbons (Fsp3) is 0.538. The number of rotatable bonds is 4. The van der Waals surface area contributed by atoms with Crippen molar-refractivity contribution < 1.29 is 18.6 Å². The highest BCUT2D eigenvalue weighted by Gasteiger charge is 2.37. The molecule has 0 aliphatic heterocycles. The van der Waals surface area contributed by atoms with Crippen LogP contribution in [0, 0.1) is 20.8 Å². The van der Waals surface area contributed by atoms with E-state index in [2.05, 4.69) is 15.9 Å². The van der Waals surface area contributed by atoms with Gasteiger partial charge < -0.3 is 9.84 Å². The number of methoxy groups -OCH3 is 1. The molecule has 0 bridgehead atoms. The summed E-state index contributed by atoms with van der Waals surface area (Å²) in [5.74, 6) is -2.91. The molecule has 0 heterocycles. The van der Waals surface area contributed by atoms with Crippen molar-refractivity contribution >= 4 is 15.9 Å². The van der Waals surface area contributed by atoms with Gasteiger partial charge in [0.2, 0.25) is 0 Å². The van der Waals surface area contributed by atoms with Gasteiger partial charge in [0.05, 0.1) is 12.7 Å². The zero-order chi connectivity index (χ0) is 14.1. The highest BCUT2D eigenvalue weighted by molar-refractivity contribution is 9.10. The molecule has 1 aromatic carbocycles. The average Bonchev–Trinajstić information content (AvgIpc) is 2.30. The summed E-state index contributed by atoms with van der Waals surface area (Å²) >= 11 is 3.34. The Balaban J connectivity index is 3.61. The first-order chi connectivity index (χ1) is 8.27. The molecule has 0 saturated carbocycles.